The van der Waals surface area contributed by atoms with Gasteiger partial charge in [-0.2, -0.15) is 0 Å². The molecule has 0 aliphatic heterocycles. The van der Waals surface area contributed by atoms with Gasteiger partial charge in [-0.15, -0.1) is 0 Å². The van der Waals surface area contributed by atoms with Crippen LogP contribution < -0.4 is 10.6 Å². The van der Waals surface area contributed by atoms with Crippen LogP contribution in [0.5, 0.6) is 0 Å². The van der Waals surface area contributed by atoms with Crippen molar-refractivity contribution in [2.24, 2.45) is 0 Å². The Labute approximate surface area is 107 Å². The van der Waals surface area contributed by atoms with E-state index in [0.717, 1.165) is 25.7 Å². The Morgan fingerprint density at radius 3 is 2.59 bits per heavy atom. The van der Waals surface area contributed by atoms with E-state index in [1.165, 1.54) is 0 Å². The zero-order valence-corrected chi connectivity index (χ0v) is 12.1. The van der Waals surface area contributed by atoms with Gasteiger partial charge in [0.15, 0.2) is 0 Å². The highest BCUT2D eigenvalue weighted by atomic mass is 32.2. The van der Waals surface area contributed by atoms with Gasteiger partial charge in [0.25, 0.3) is 0 Å². The first-order valence-electron chi connectivity index (χ1n) is 6.42. The molecule has 2 unspecified atom stereocenters. The normalized spacial score (nSPS) is 14.3. The molecule has 4 nitrogen and oxygen atoms in total. The third-order valence-corrected chi connectivity index (χ3v) is 4.02. The van der Waals surface area contributed by atoms with Gasteiger partial charge in [0, 0.05) is 29.1 Å². The minimum absolute atomic E-state index is 0.0918. The molecule has 0 aliphatic rings. The standard InChI is InChI=1S/C12H26N2O2S/c1-4-8-14-12(15)10-17(16)9-6-7-11(5-2)13-3/h11,13H,4-10H2,1-3H3,(H,14,15). The summed E-state index contributed by atoms with van der Waals surface area (Å²) >= 11 is 0. The van der Waals surface area contributed by atoms with Crippen LogP contribution in [0, 0.1) is 0 Å². The van der Waals surface area contributed by atoms with Crippen molar-refractivity contribution in [3.63, 3.8) is 0 Å². The lowest BCUT2D eigenvalue weighted by Crippen LogP contribution is -2.30. The third kappa shape index (κ3) is 9.30. The van der Waals surface area contributed by atoms with E-state index in [9.17, 15) is 9.00 Å². The van der Waals surface area contributed by atoms with Crippen molar-refractivity contribution in [2.45, 2.75) is 45.6 Å². The van der Waals surface area contributed by atoms with E-state index >= 15 is 0 Å². The van der Waals surface area contributed by atoms with Crippen LogP contribution in [0.1, 0.15) is 39.5 Å². The second-order valence-corrected chi connectivity index (χ2v) is 5.75. The van der Waals surface area contributed by atoms with Crippen LogP contribution >= 0.6 is 0 Å². The molecule has 0 fully saturated rings. The molecule has 0 aromatic rings. The van der Waals surface area contributed by atoms with Crippen molar-refractivity contribution in [3.05, 3.63) is 0 Å². The van der Waals surface area contributed by atoms with Gasteiger partial charge in [-0.25, -0.2) is 0 Å². The summed E-state index contributed by atoms with van der Waals surface area (Å²) in [5, 5.41) is 5.96. The Morgan fingerprint density at radius 1 is 1.35 bits per heavy atom. The predicted molar refractivity (Wildman–Crippen MR) is 73.5 cm³/mol. The number of hydrogen-bond donors (Lipinski definition) is 2. The molecule has 0 heterocycles. The Kier molecular flexibility index (Phi) is 10.5. The van der Waals surface area contributed by atoms with E-state index < -0.39 is 10.8 Å². The number of rotatable bonds is 10. The van der Waals surface area contributed by atoms with Gasteiger partial charge in [-0.05, 0) is 32.7 Å². The maximum absolute atomic E-state index is 11.6. The average Bonchev–Trinajstić information content (AvgIpc) is 2.32. The first-order valence-corrected chi connectivity index (χ1v) is 7.91. The molecule has 0 spiro atoms. The molecule has 0 saturated heterocycles. The highest BCUT2D eigenvalue weighted by Gasteiger charge is 2.08. The molecule has 0 aliphatic carbocycles. The fraction of sp³-hybridized carbons (Fsp3) is 0.917. The minimum Gasteiger partial charge on any atom is -0.355 e. The van der Waals surface area contributed by atoms with E-state index in [1.807, 2.05) is 14.0 Å². The summed E-state index contributed by atoms with van der Waals surface area (Å²) in [6.45, 7) is 4.81. The van der Waals surface area contributed by atoms with Gasteiger partial charge in [0.1, 0.15) is 5.75 Å². The zero-order chi connectivity index (χ0) is 13.1. The Bertz CT molecular complexity index is 231. The number of carbonyl (C=O) groups is 1. The maximum atomic E-state index is 11.6. The van der Waals surface area contributed by atoms with Gasteiger partial charge >= 0.3 is 0 Å². The third-order valence-electron chi connectivity index (χ3n) is 2.69. The lowest BCUT2D eigenvalue weighted by molar-refractivity contribution is -0.118. The van der Waals surface area contributed by atoms with E-state index in [2.05, 4.69) is 17.6 Å². The summed E-state index contributed by atoms with van der Waals surface area (Å²) in [5.41, 5.74) is 0. The van der Waals surface area contributed by atoms with Gasteiger partial charge in [0.05, 0.1) is 0 Å². The largest absolute Gasteiger partial charge is 0.355 e. The van der Waals surface area contributed by atoms with Crippen molar-refractivity contribution in [1.29, 1.82) is 0 Å². The molecule has 0 rings (SSSR count). The fourth-order valence-corrected chi connectivity index (χ4v) is 2.60. The lowest BCUT2D eigenvalue weighted by Gasteiger charge is -2.12. The van der Waals surface area contributed by atoms with Crippen molar-refractivity contribution in [1.82, 2.24) is 10.6 Å². The van der Waals surface area contributed by atoms with Crippen LogP contribution in [0.3, 0.4) is 0 Å². The van der Waals surface area contributed by atoms with E-state index in [1.54, 1.807) is 0 Å². The summed E-state index contributed by atoms with van der Waals surface area (Å²) in [7, 11) is 0.934. The van der Waals surface area contributed by atoms with Crippen LogP contribution in [0.25, 0.3) is 0 Å². The number of hydrogen-bond acceptors (Lipinski definition) is 3. The summed E-state index contributed by atoms with van der Waals surface area (Å²) in [6.07, 6.45) is 3.93. The van der Waals surface area contributed by atoms with E-state index in [0.29, 0.717) is 18.3 Å². The molecule has 0 bridgehead atoms. The van der Waals surface area contributed by atoms with Crippen molar-refractivity contribution in [3.8, 4) is 0 Å². The minimum atomic E-state index is -1.01. The molecular weight excluding hydrogens is 236 g/mol. The molecule has 17 heavy (non-hydrogen) atoms. The van der Waals surface area contributed by atoms with Gasteiger partial charge in [0.2, 0.25) is 5.91 Å². The zero-order valence-electron chi connectivity index (χ0n) is 11.3. The second-order valence-electron chi connectivity index (χ2n) is 4.17. The number of amides is 1. The first-order chi connectivity index (χ1) is 8.13. The SMILES string of the molecule is CCCNC(=O)CS(=O)CCCC(CC)NC. The highest BCUT2D eigenvalue weighted by molar-refractivity contribution is 7.85. The average molecular weight is 262 g/mol. The number of carbonyl (C=O) groups excluding carboxylic acids is 1. The molecule has 0 aromatic carbocycles. The summed E-state index contributed by atoms with van der Waals surface area (Å²) in [5.74, 6) is 0.680. The second kappa shape index (κ2) is 10.7. The number of nitrogens with one attached hydrogen (secondary N) is 2. The molecule has 2 atom stereocenters. The first kappa shape index (κ1) is 16.6. The van der Waals surface area contributed by atoms with Crippen LogP contribution in [-0.2, 0) is 15.6 Å². The molecule has 0 radical (unpaired) electrons. The quantitative estimate of drug-likeness (QED) is 0.618. The summed E-state index contributed by atoms with van der Waals surface area (Å²) in [6, 6.07) is 0.501. The molecule has 0 saturated carbocycles. The molecule has 5 heteroatoms. The van der Waals surface area contributed by atoms with Gasteiger partial charge in [-0.3, -0.25) is 9.00 Å². The van der Waals surface area contributed by atoms with Gasteiger partial charge < -0.3 is 10.6 Å². The predicted octanol–water partition coefficient (Wildman–Crippen LogP) is 1.04. The highest BCUT2D eigenvalue weighted by Crippen LogP contribution is 2.02. The smallest absolute Gasteiger partial charge is 0.232 e. The van der Waals surface area contributed by atoms with E-state index in [-0.39, 0.29) is 11.7 Å². The molecular formula is C12H26N2O2S. The summed E-state index contributed by atoms with van der Waals surface area (Å²) < 4.78 is 11.6. The Balaban J connectivity index is 3.62. The molecule has 102 valence electrons. The van der Waals surface area contributed by atoms with Crippen molar-refractivity contribution >= 4 is 16.7 Å². The van der Waals surface area contributed by atoms with Crippen LogP contribution in [-0.4, -0.2) is 41.3 Å². The van der Waals surface area contributed by atoms with Crippen molar-refractivity contribution in [2.75, 3.05) is 25.1 Å². The van der Waals surface area contributed by atoms with E-state index in [4.69, 9.17) is 0 Å². The Morgan fingerprint density at radius 2 is 2.06 bits per heavy atom. The summed E-state index contributed by atoms with van der Waals surface area (Å²) in [4.78, 5) is 11.3. The molecule has 0 aromatic heterocycles. The lowest BCUT2D eigenvalue weighted by atomic mass is 10.1. The monoisotopic (exact) mass is 262 g/mol. The molecule has 1 amide bonds. The Hall–Kier alpha value is -0.420. The van der Waals surface area contributed by atoms with Crippen LogP contribution in [0.15, 0.2) is 0 Å². The maximum Gasteiger partial charge on any atom is 0.232 e. The van der Waals surface area contributed by atoms with Crippen molar-refractivity contribution < 1.29 is 9.00 Å². The molecule has 2 N–H and O–H groups in total. The van der Waals surface area contributed by atoms with Gasteiger partial charge in [-0.1, -0.05) is 13.8 Å². The van der Waals surface area contributed by atoms with Crippen LogP contribution in [0.4, 0.5) is 0 Å². The van der Waals surface area contributed by atoms with Crippen LogP contribution in [0.2, 0.25) is 0 Å². The topological polar surface area (TPSA) is 58.2 Å². The fourth-order valence-electron chi connectivity index (χ4n) is 1.58.